The van der Waals surface area contributed by atoms with Gasteiger partial charge in [-0.15, -0.1) is 10.2 Å². The largest absolute Gasteiger partial charge is 0.322 e. The highest BCUT2D eigenvalue weighted by molar-refractivity contribution is 6.43. The molecule has 2 amide bonds. The second-order valence-corrected chi connectivity index (χ2v) is 7.60. The molecule has 1 saturated heterocycles. The maximum atomic E-state index is 13.0. The Hall–Kier alpha value is -1.79. The standard InChI is InChI=1S/C18H21Cl2N5O/c19-12-6-5-7-13(16(12)20)21-18(26)24-10-3-1-8-14(24)17-23-22-15-9-2-4-11-25(15)17/h5-7,14H,1-4,8-11H2,(H,21,26). The van der Waals surface area contributed by atoms with E-state index in [2.05, 4.69) is 20.1 Å². The Morgan fingerprint density at radius 3 is 2.85 bits per heavy atom. The van der Waals surface area contributed by atoms with E-state index in [-0.39, 0.29) is 12.1 Å². The number of halogens is 2. The molecule has 1 fully saturated rings. The fraction of sp³-hybridized carbons (Fsp3) is 0.500. The van der Waals surface area contributed by atoms with Crippen molar-refractivity contribution in [2.24, 2.45) is 0 Å². The van der Waals surface area contributed by atoms with Crippen molar-refractivity contribution in [2.75, 3.05) is 11.9 Å². The molecule has 1 aromatic heterocycles. The van der Waals surface area contributed by atoms with Gasteiger partial charge in [0.1, 0.15) is 5.82 Å². The van der Waals surface area contributed by atoms with Crippen LogP contribution in [0, 0.1) is 0 Å². The summed E-state index contributed by atoms with van der Waals surface area (Å²) in [6.07, 6.45) is 6.21. The van der Waals surface area contributed by atoms with Crippen LogP contribution in [-0.4, -0.2) is 32.2 Å². The first-order chi connectivity index (χ1) is 12.6. The zero-order valence-electron chi connectivity index (χ0n) is 14.4. The Morgan fingerprint density at radius 1 is 1.12 bits per heavy atom. The van der Waals surface area contributed by atoms with Gasteiger partial charge in [0.25, 0.3) is 0 Å². The number of amides is 2. The number of nitrogens with zero attached hydrogens (tertiary/aromatic N) is 4. The van der Waals surface area contributed by atoms with Crippen molar-refractivity contribution in [1.82, 2.24) is 19.7 Å². The van der Waals surface area contributed by atoms with Crippen LogP contribution in [0.3, 0.4) is 0 Å². The first-order valence-corrected chi connectivity index (χ1v) is 9.84. The van der Waals surface area contributed by atoms with Crippen LogP contribution < -0.4 is 5.32 Å². The van der Waals surface area contributed by atoms with E-state index in [0.29, 0.717) is 22.3 Å². The Bertz CT molecular complexity index is 822. The summed E-state index contributed by atoms with van der Waals surface area (Å²) in [5.74, 6) is 1.95. The number of hydrogen-bond acceptors (Lipinski definition) is 3. The summed E-state index contributed by atoms with van der Waals surface area (Å²) in [5, 5.41) is 12.5. The Morgan fingerprint density at radius 2 is 1.96 bits per heavy atom. The number of carbonyl (C=O) groups is 1. The van der Waals surface area contributed by atoms with Crippen molar-refractivity contribution in [3.8, 4) is 0 Å². The predicted octanol–water partition coefficient (Wildman–Crippen LogP) is 4.68. The number of nitrogens with one attached hydrogen (secondary N) is 1. The molecule has 2 aliphatic heterocycles. The van der Waals surface area contributed by atoms with Gasteiger partial charge in [-0.2, -0.15) is 0 Å². The van der Waals surface area contributed by atoms with E-state index in [0.717, 1.165) is 56.7 Å². The molecule has 1 unspecified atom stereocenters. The molecule has 1 aromatic carbocycles. The summed E-state index contributed by atoms with van der Waals surface area (Å²) in [6.45, 7) is 1.63. The van der Waals surface area contributed by atoms with Crippen molar-refractivity contribution in [2.45, 2.75) is 51.1 Å². The molecule has 1 atom stereocenters. The zero-order valence-corrected chi connectivity index (χ0v) is 15.9. The second-order valence-electron chi connectivity index (χ2n) is 6.82. The Balaban J connectivity index is 1.58. The lowest BCUT2D eigenvalue weighted by molar-refractivity contribution is 0.156. The summed E-state index contributed by atoms with van der Waals surface area (Å²) in [5.41, 5.74) is 0.525. The number of hydrogen-bond donors (Lipinski definition) is 1. The molecule has 0 saturated carbocycles. The molecule has 0 spiro atoms. The first-order valence-electron chi connectivity index (χ1n) is 9.09. The molecule has 0 bridgehead atoms. The summed E-state index contributed by atoms with van der Waals surface area (Å²) < 4.78 is 2.20. The number of fused-ring (bicyclic) bond motifs is 1. The zero-order chi connectivity index (χ0) is 18.1. The minimum Gasteiger partial charge on any atom is -0.314 e. The third-order valence-corrected chi connectivity index (χ3v) is 5.96. The molecular formula is C18H21Cl2N5O. The fourth-order valence-corrected chi connectivity index (χ4v) is 4.16. The minimum absolute atomic E-state index is 0.0546. The van der Waals surface area contributed by atoms with Crippen LogP contribution in [-0.2, 0) is 13.0 Å². The number of benzene rings is 1. The molecule has 0 aliphatic carbocycles. The van der Waals surface area contributed by atoms with Gasteiger partial charge in [0, 0.05) is 19.5 Å². The van der Waals surface area contributed by atoms with Gasteiger partial charge in [0.2, 0.25) is 0 Å². The number of rotatable bonds is 2. The van der Waals surface area contributed by atoms with Gasteiger partial charge in [-0.05, 0) is 44.2 Å². The Kier molecular flexibility index (Phi) is 5.05. The monoisotopic (exact) mass is 393 g/mol. The number of piperidine rings is 1. The van der Waals surface area contributed by atoms with Crippen LogP contribution in [0.5, 0.6) is 0 Å². The van der Waals surface area contributed by atoms with E-state index < -0.39 is 0 Å². The molecule has 4 rings (SSSR count). The van der Waals surface area contributed by atoms with Crippen molar-refractivity contribution >= 4 is 34.9 Å². The van der Waals surface area contributed by atoms with Gasteiger partial charge >= 0.3 is 6.03 Å². The molecule has 8 heteroatoms. The molecule has 1 N–H and O–H groups in total. The van der Waals surface area contributed by atoms with Crippen LogP contribution in [0.4, 0.5) is 10.5 Å². The number of aryl methyl sites for hydroxylation is 1. The summed E-state index contributed by atoms with van der Waals surface area (Å²) >= 11 is 12.3. The summed E-state index contributed by atoms with van der Waals surface area (Å²) in [7, 11) is 0. The Labute approximate surface area is 162 Å². The van der Waals surface area contributed by atoms with Crippen molar-refractivity contribution in [1.29, 1.82) is 0 Å². The first kappa shape index (κ1) is 17.6. The van der Waals surface area contributed by atoms with E-state index >= 15 is 0 Å². The number of aromatic nitrogens is 3. The quantitative estimate of drug-likeness (QED) is 0.805. The molecule has 2 aromatic rings. The molecule has 3 heterocycles. The maximum absolute atomic E-state index is 13.0. The lowest BCUT2D eigenvalue weighted by Crippen LogP contribution is -2.42. The molecule has 0 radical (unpaired) electrons. The van der Waals surface area contributed by atoms with Crippen molar-refractivity contribution < 1.29 is 4.79 Å². The highest BCUT2D eigenvalue weighted by atomic mass is 35.5. The minimum atomic E-state index is -0.174. The third kappa shape index (κ3) is 3.28. The molecule has 2 aliphatic rings. The molecular weight excluding hydrogens is 373 g/mol. The maximum Gasteiger partial charge on any atom is 0.322 e. The third-order valence-electron chi connectivity index (χ3n) is 5.14. The van der Waals surface area contributed by atoms with E-state index in [1.165, 1.54) is 0 Å². The lowest BCUT2D eigenvalue weighted by Gasteiger charge is -2.35. The van der Waals surface area contributed by atoms with Gasteiger partial charge in [0.05, 0.1) is 21.8 Å². The van der Waals surface area contributed by atoms with Crippen molar-refractivity contribution in [3.05, 3.63) is 39.9 Å². The smallest absolute Gasteiger partial charge is 0.314 e. The van der Waals surface area contributed by atoms with Crippen LogP contribution in [0.1, 0.15) is 49.8 Å². The SMILES string of the molecule is O=C(Nc1cccc(Cl)c1Cl)N1CCCCC1c1nnc2n1CCCC2. The molecule has 138 valence electrons. The number of urea groups is 1. The number of carbonyl (C=O) groups excluding carboxylic acids is 1. The lowest BCUT2D eigenvalue weighted by atomic mass is 10.0. The average Bonchev–Trinajstić information content (AvgIpc) is 3.09. The van der Waals surface area contributed by atoms with Crippen LogP contribution in [0.25, 0.3) is 0 Å². The van der Waals surface area contributed by atoms with E-state index in [9.17, 15) is 4.79 Å². The highest BCUT2D eigenvalue weighted by Crippen LogP contribution is 2.34. The molecule has 26 heavy (non-hydrogen) atoms. The highest BCUT2D eigenvalue weighted by Gasteiger charge is 2.33. The van der Waals surface area contributed by atoms with Crippen LogP contribution in [0.2, 0.25) is 10.0 Å². The topological polar surface area (TPSA) is 63.1 Å². The summed E-state index contributed by atoms with van der Waals surface area (Å²) in [4.78, 5) is 14.8. The second kappa shape index (κ2) is 7.45. The summed E-state index contributed by atoms with van der Waals surface area (Å²) in [6, 6.07) is 5.00. The fourth-order valence-electron chi connectivity index (χ4n) is 3.81. The van der Waals surface area contributed by atoms with Gasteiger partial charge < -0.3 is 14.8 Å². The van der Waals surface area contributed by atoms with E-state index in [4.69, 9.17) is 23.2 Å². The normalized spacial score (nSPS) is 19.9. The number of anilines is 1. The van der Waals surface area contributed by atoms with E-state index in [1.54, 1.807) is 18.2 Å². The van der Waals surface area contributed by atoms with Gasteiger partial charge in [-0.25, -0.2) is 4.79 Å². The average molecular weight is 394 g/mol. The van der Waals surface area contributed by atoms with Crippen molar-refractivity contribution in [3.63, 3.8) is 0 Å². The van der Waals surface area contributed by atoms with Crippen LogP contribution in [0.15, 0.2) is 18.2 Å². The van der Waals surface area contributed by atoms with Gasteiger partial charge in [-0.1, -0.05) is 29.3 Å². The van der Waals surface area contributed by atoms with Gasteiger partial charge in [0.15, 0.2) is 5.82 Å². The predicted molar refractivity (Wildman–Crippen MR) is 102 cm³/mol. The number of likely N-dealkylation sites (tertiary alicyclic amines) is 1. The van der Waals surface area contributed by atoms with Crippen LogP contribution >= 0.6 is 23.2 Å². The van der Waals surface area contributed by atoms with Gasteiger partial charge in [-0.3, -0.25) is 0 Å². The van der Waals surface area contributed by atoms with E-state index in [1.807, 2.05) is 4.90 Å². The molecule has 6 nitrogen and oxygen atoms in total.